The van der Waals surface area contributed by atoms with Gasteiger partial charge in [-0.3, -0.25) is 0 Å². The molecule has 0 aromatic heterocycles. The van der Waals surface area contributed by atoms with Crippen LogP contribution in [0.4, 0.5) is 0 Å². The summed E-state index contributed by atoms with van der Waals surface area (Å²) in [5, 5.41) is 0. The Kier molecular flexibility index (Phi) is 14.1. The van der Waals surface area contributed by atoms with E-state index in [1.807, 2.05) is 6.07 Å². The smallest absolute Gasteiger partial charge is 0.0506 e. The molecule has 132 valence electrons. The second kappa shape index (κ2) is 16.0. The van der Waals surface area contributed by atoms with E-state index in [2.05, 4.69) is 31.2 Å². The largest absolute Gasteiger partial charge is 0.381 e. The van der Waals surface area contributed by atoms with Crippen molar-refractivity contribution < 1.29 is 9.47 Å². The normalized spacial score (nSPS) is 11.0. The quantitative estimate of drug-likeness (QED) is 0.359. The highest BCUT2D eigenvalue weighted by Gasteiger charge is 1.94. The molecule has 0 saturated heterocycles. The Labute approximate surface area is 143 Å². The standard InChI is InChI=1S/C21H36O2/c1-2-3-4-5-6-7-8-12-17-22-18-13-19-23-20-16-21-14-10-9-11-15-21/h9-11,14-15H,2-8,12-13,16-20H2,1H3. The summed E-state index contributed by atoms with van der Waals surface area (Å²) in [6, 6.07) is 10.5. The van der Waals surface area contributed by atoms with Crippen LogP contribution in [0.5, 0.6) is 0 Å². The van der Waals surface area contributed by atoms with Gasteiger partial charge in [0.2, 0.25) is 0 Å². The van der Waals surface area contributed by atoms with Gasteiger partial charge in [0.15, 0.2) is 0 Å². The first kappa shape index (κ1) is 20.2. The highest BCUT2D eigenvalue weighted by Crippen LogP contribution is 2.08. The molecule has 0 saturated carbocycles. The zero-order chi connectivity index (χ0) is 16.4. The van der Waals surface area contributed by atoms with Crippen molar-refractivity contribution in [2.75, 3.05) is 26.4 Å². The van der Waals surface area contributed by atoms with Crippen LogP contribution in [0.2, 0.25) is 0 Å². The van der Waals surface area contributed by atoms with Gasteiger partial charge in [0.25, 0.3) is 0 Å². The van der Waals surface area contributed by atoms with E-state index in [0.29, 0.717) is 0 Å². The zero-order valence-corrected chi connectivity index (χ0v) is 15.1. The molecule has 2 heteroatoms. The molecule has 0 aliphatic heterocycles. The lowest BCUT2D eigenvalue weighted by Gasteiger charge is -2.06. The Balaban J connectivity index is 1.72. The Bertz CT molecular complexity index is 337. The summed E-state index contributed by atoms with van der Waals surface area (Å²) in [7, 11) is 0. The number of rotatable bonds is 16. The molecule has 0 spiro atoms. The summed E-state index contributed by atoms with van der Waals surface area (Å²) in [6.45, 7) is 5.64. The van der Waals surface area contributed by atoms with E-state index in [9.17, 15) is 0 Å². The summed E-state index contributed by atoms with van der Waals surface area (Å²) < 4.78 is 11.3. The number of ether oxygens (including phenoxy) is 2. The average Bonchev–Trinajstić information content (AvgIpc) is 2.59. The first-order valence-corrected chi connectivity index (χ1v) is 9.63. The highest BCUT2D eigenvalue weighted by molar-refractivity contribution is 5.14. The molecule has 0 unspecified atom stereocenters. The minimum Gasteiger partial charge on any atom is -0.381 e. The van der Waals surface area contributed by atoms with Crippen molar-refractivity contribution >= 4 is 0 Å². The lowest BCUT2D eigenvalue weighted by Crippen LogP contribution is -2.04. The molecule has 1 aromatic carbocycles. The number of benzene rings is 1. The third kappa shape index (κ3) is 13.3. The second-order valence-electron chi connectivity index (χ2n) is 6.29. The van der Waals surface area contributed by atoms with Crippen molar-refractivity contribution in [1.29, 1.82) is 0 Å². The van der Waals surface area contributed by atoms with Gasteiger partial charge in [-0.1, -0.05) is 82.2 Å². The van der Waals surface area contributed by atoms with Gasteiger partial charge in [0.05, 0.1) is 6.61 Å². The molecule has 0 fully saturated rings. The number of hydrogen-bond donors (Lipinski definition) is 0. The molecule has 2 nitrogen and oxygen atoms in total. The van der Waals surface area contributed by atoms with Gasteiger partial charge in [-0.2, -0.15) is 0 Å². The molecule has 0 amide bonds. The van der Waals surface area contributed by atoms with E-state index >= 15 is 0 Å². The minimum absolute atomic E-state index is 0.808. The van der Waals surface area contributed by atoms with Crippen LogP contribution < -0.4 is 0 Å². The van der Waals surface area contributed by atoms with Crippen molar-refractivity contribution in [3.8, 4) is 0 Å². The van der Waals surface area contributed by atoms with Gasteiger partial charge in [0.1, 0.15) is 0 Å². The van der Waals surface area contributed by atoms with Crippen LogP contribution in [-0.2, 0) is 15.9 Å². The minimum atomic E-state index is 0.808. The predicted octanol–water partition coefficient (Wildman–Crippen LogP) is 5.79. The van der Waals surface area contributed by atoms with Crippen LogP contribution in [0.25, 0.3) is 0 Å². The van der Waals surface area contributed by atoms with Crippen molar-refractivity contribution in [3.05, 3.63) is 35.9 Å². The third-order valence-corrected chi connectivity index (χ3v) is 4.10. The first-order valence-electron chi connectivity index (χ1n) is 9.63. The maximum Gasteiger partial charge on any atom is 0.0506 e. The van der Waals surface area contributed by atoms with E-state index in [0.717, 1.165) is 39.3 Å². The molecule has 0 aliphatic carbocycles. The number of hydrogen-bond acceptors (Lipinski definition) is 2. The third-order valence-electron chi connectivity index (χ3n) is 4.10. The van der Waals surface area contributed by atoms with Crippen molar-refractivity contribution in [1.82, 2.24) is 0 Å². The summed E-state index contributed by atoms with van der Waals surface area (Å²) in [5.74, 6) is 0. The van der Waals surface area contributed by atoms with Crippen LogP contribution in [0.15, 0.2) is 30.3 Å². The fraction of sp³-hybridized carbons (Fsp3) is 0.714. The lowest BCUT2D eigenvalue weighted by molar-refractivity contribution is 0.0822. The summed E-state index contributed by atoms with van der Waals surface area (Å²) in [5.41, 5.74) is 1.35. The number of unbranched alkanes of at least 4 members (excludes halogenated alkanes) is 7. The van der Waals surface area contributed by atoms with Crippen LogP contribution in [0, 0.1) is 0 Å². The Hall–Kier alpha value is -0.860. The van der Waals surface area contributed by atoms with E-state index in [-0.39, 0.29) is 0 Å². The SMILES string of the molecule is CCCCCCCCCCOCCCOCCc1ccccc1. The van der Waals surface area contributed by atoms with Gasteiger partial charge in [0, 0.05) is 19.8 Å². The fourth-order valence-corrected chi connectivity index (χ4v) is 2.64. The average molecular weight is 321 g/mol. The molecule has 0 radical (unpaired) electrons. The molecular weight excluding hydrogens is 284 g/mol. The highest BCUT2D eigenvalue weighted by atomic mass is 16.5. The summed E-state index contributed by atoms with van der Waals surface area (Å²) >= 11 is 0. The Morgan fingerprint density at radius 1 is 0.609 bits per heavy atom. The Morgan fingerprint density at radius 3 is 1.87 bits per heavy atom. The van der Waals surface area contributed by atoms with Crippen molar-refractivity contribution in [3.63, 3.8) is 0 Å². The molecule has 0 aliphatic rings. The molecule has 0 bridgehead atoms. The molecule has 23 heavy (non-hydrogen) atoms. The molecule has 0 atom stereocenters. The van der Waals surface area contributed by atoms with Crippen molar-refractivity contribution in [2.45, 2.75) is 71.1 Å². The predicted molar refractivity (Wildman–Crippen MR) is 99.0 cm³/mol. The molecule has 1 aromatic rings. The van der Waals surface area contributed by atoms with Gasteiger partial charge >= 0.3 is 0 Å². The van der Waals surface area contributed by atoms with Gasteiger partial charge in [-0.25, -0.2) is 0 Å². The van der Waals surface area contributed by atoms with E-state index in [1.54, 1.807) is 0 Å². The van der Waals surface area contributed by atoms with Crippen LogP contribution >= 0.6 is 0 Å². The maximum absolute atomic E-state index is 5.66. The summed E-state index contributed by atoms with van der Waals surface area (Å²) in [6.07, 6.45) is 12.9. The van der Waals surface area contributed by atoms with E-state index in [1.165, 1.54) is 56.9 Å². The molecule has 0 N–H and O–H groups in total. The van der Waals surface area contributed by atoms with Gasteiger partial charge in [-0.15, -0.1) is 0 Å². The lowest BCUT2D eigenvalue weighted by atomic mass is 10.1. The van der Waals surface area contributed by atoms with Gasteiger partial charge in [-0.05, 0) is 24.8 Å². The monoisotopic (exact) mass is 320 g/mol. The zero-order valence-electron chi connectivity index (χ0n) is 15.1. The van der Waals surface area contributed by atoms with Crippen LogP contribution in [-0.4, -0.2) is 26.4 Å². The first-order chi connectivity index (χ1) is 11.4. The Morgan fingerprint density at radius 2 is 1.17 bits per heavy atom. The van der Waals surface area contributed by atoms with E-state index in [4.69, 9.17) is 9.47 Å². The molecular formula is C21H36O2. The maximum atomic E-state index is 5.66. The topological polar surface area (TPSA) is 18.5 Å². The van der Waals surface area contributed by atoms with Crippen LogP contribution in [0.3, 0.4) is 0 Å². The fourth-order valence-electron chi connectivity index (χ4n) is 2.64. The molecule has 0 heterocycles. The van der Waals surface area contributed by atoms with E-state index < -0.39 is 0 Å². The van der Waals surface area contributed by atoms with Gasteiger partial charge < -0.3 is 9.47 Å². The second-order valence-corrected chi connectivity index (χ2v) is 6.29. The summed E-state index contributed by atoms with van der Waals surface area (Å²) in [4.78, 5) is 0. The molecule has 1 rings (SSSR count). The van der Waals surface area contributed by atoms with Crippen molar-refractivity contribution in [2.24, 2.45) is 0 Å². The van der Waals surface area contributed by atoms with Crippen LogP contribution in [0.1, 0.15) is 70.3 Å².